The number of halogens is 3. The van der Waals surface area contributed by atoms with Crippen molar-refractivity contribution in [3.63, 3.8) is 0 Å². The van der Waals surface area contributed by atoms with E-state index >= 15 is 0 Å². The van der Waals surface area contributed by atoms with Crippen LogP contribution in [0, 0.1) is 5.92 Å². The average Bonchev–Trinajstić information content (AvgIpc) is 2.63. The summed E-state index contributed by atoms with van der Waals surface area (Å²) in [7, 11) is 0. The van der Waals surface area contributed by atoms with Gasteiger partial charge in [0.05, 0.1) is 13.1 Å². The first-order valence-electron chi connectivity index (χ1n) is 5.54. The van der Waals surface area contributed by atoms with E-state index in [2.05, 4.69) is 5.32 Å². The van der Waals surface area contributed by atoms with Crippen molar-refractivity contribution in [3.8, 4) is 0 Å². The molecule has 1 aliphatic rings. The molecule has 94 valence electrons. The van der Waals surface area contributed by atoms with Crippen LogP contribution in [-0.2, 0) is 4.79 Å². The van der Waals surface area contributed by atoms with Gasteiger partial charge in [-0.15, -0.1) is 0 Å². The third-order valence-electron chi connectivity index (χ3n) is 2.79. The number of quaternary nitrogens is 1. The van der Waals surface area contributed by atoms with Crippen molar-refractivity contribution in [1.82, 2.24) is 5.32 Å². The predicted molar refractivity (Wildman–Crippen MR) is 67.0 cm³/mol. The molecule has 0 aromatic rings. The van der Waals surface area contributed by atoms with E-state index in [-0.39, 0.29) is 11.8 Å². The van der Waals surface area contributed by atoms with Gasteiger partial charge in [0, 0.05) is 18.8 Å². The summed E-state index contributed by atoms with van der Waals surface area (Å²) < 4.78 is -1.45. The minimum absolute atomic E-state index is 0.0734. The second-order valence-corrected chi connectivity index (χ2v) is 6.87. The third-order valence-corrected chi connectivity index (χ3v) is 3.45. The van der Waals surface area contributed by atoms with Gasteiger partial charge in [-0.1, -0.05) is 48.7 Å². The fourth-order valence-corrected chi connectivity index (χ4v) is 2.47. The Morgan fingerprint density at radius 1 is 1.25 bits per heavy atom. The lowest BCUT2D eigenvalue weighted by Crippen LogP contribution is -3.17. The molecule has 2 N–H and O–H groups in total. The van der Waals surface area contributed by atoms with Crippen LogP contribution in [-0.4, -0.2) is 29.0 Å². The highest BCUT2D eigenvalue weighted by Crippen LogP contribution is 2.28. The third kappa shape index (κ3) is 3.95. The first kappa shape index (κ1) is 14.4. The van der Waals surface area contributed by atoms with Gasteiger partial charge in [-0.25, -0.2) is 0 Å². The van der Waals surface area contributed by atoms with Gasteiger partial charge in [-0.05, 0) is 0 Å². The molecule has 0 bridgehead atoms. The average molecular weight is 289 g/mol. The predicted octanol–water partition coefficient (Wildman–Crippen LogP) is 1.13. The van der Waals surface area contributed by atoms with E-state index in [4.69, 9.17) is 34.8 Å². The molecule has 1 amide bonds. The molecule has 1 rings (SSSR count). The van der Waals surface area contributed by atoms with E-state index in [9.17, 15) is 4.79 Å². The zero-order chi connectivity index (χ0) is 12.3. The van der Waals surface area contributed by atoms with Gasteiger partial charge < -0.3 is 10.2 Å². The number of amides is 1. The lowest BCUT2D eigenvalue weighted by Gasteiger charge is -2.30. The highest BCUT2D eigenvalue weighted by Gasteiger charge is 2.43. The minimum atomic E-state index is -1.45. The molecule has 0 aliphatic carbocycles. The smallest absolute Gasteiger partial charge is 0.262 e. The molecule has 6 heteroatoms. The first-order valence-corrected chi connectivity index (χ1v) is 6.67. The molecule has 3 nitrogen and oxygen atoms in total. The second kappa shape index (κ2) is 5.76. The molecule has 1 atom stereocenters. The number of carbonyl (C=O) groups excluding carboxylic acids is 1. The van der Waals surface area contributed by atoms with Gasteiger partial charge in [0.25, 0.3) is 3.79 Å². The van der Waals surface area contributed by atoms with Gasteiger partial charge in [-0.3, -0.25) is 4.79 Å². The van der Waals surface area contributed by atoms with E-state index in [1.807, 2.05) is 13.8 Å². The molecule has 0 unspecified atom stereocenters. The molecule has 0 spiro atoms. The standard InChI is InChI=1S/C10H17Cl3N2O/c1-7(2)8(16)14-9(10(11,12)13)15-5-3-4-6-15/h7,9H,3-6H2,1-2H3,(H,14,16)/p+1/t9-/m0/s1. The van der Waals surface area contributed by atoms with E-state index in [1.165, 1.54) is 0 Å². The Bertz CT molecular complexity index is 247. The summed E-state index contributed by atoms with van der Waals surface area (Å²) in [6, 6.07) is 0. The van der Waals surface area contributed by atoms with Crippen LogP contribution in [0.3, 0.4) is 0 Å². The van der Waals surface area contributed by atoms with Crippen LogP contribution in [0.4, 0.5) is 0 Å². The largest absolute Gasteiger partial charge is 0.312 e. The highest BCUT2D eigenvalue weighted by atomic mass is 35.6. The number of likely N-dealkylation sites (tertiary alicyclic amines) is 1. The number of alkyl halides is 3. The lowest BCUT2D eigenvalue weighted by atomic mass is 10.2. The van der Waals surface area contributed by atoms with Crippen molar-refractivity contribution in [1.29, 1.82) is 0 Å². The van der Waals surface area contributed by atoms with Crippen LogP contribution in [0.25, 0.3) is 0 Å². The van der Waals surface area contributed by atoms with Crippen molar-refractivity contribution >= 4 is 40.7 Å². The molecule has 0 saturated carbocycles. The summed E-state index contributed by atoms with van der Waals surface area (Å²) in [6.07, 6.45) is 1.78. The number of hydrogen-bond donors (Lipinski definition) is 2. The van der Waals surface area contributed by atoms with Crippen molar-refractivity contribution in [2.45, 2.75) is 36.6 Å². The van der Waals surface area contributed by atoms with E-state index in [0.29, 0.717) is 0 Å². The van der Waals surface area contributed by atoms with E-state index < -0.39 is 9.96 Å². The van der Waals surface area contributed by atoms with Gasteiger partial charge in [-0.2, -0.15) is 0 Å². The van der Waals surface area contributed by atoms with E-state index in [0.717, 1.165) is 30.8 Å². The Hall–Kier alpha value is 0.300. The Morgan fingerprint density at radius 2 is 1.75 bits per heavy atom. The van der Waals surface area contributed by atoms with E-state index in [1.54, 1.807) is 0 Å². The Morgan fingerprint density at radius 3 is 2.12 bits per heavy atom. The topological polar surface area (TPSA) is 33.5 Å². The molecule has 0 aromatic carbocycles. The number of nitrogens with one attached hydrogen (secondary N) is 2. The maximum atomic E-state index is 11.7. The maximum Gasteiger partial charge on any atom is 0.262 e. The van der Waals surface area contributed by atoms with Crippen molar-refractivity contribution in [3.05, 3.63) is 0 Å². The SMILES string of the molecule is CC(C)C(=O)N[C@@H]([NH+]1CCCC1)C(Cl)(Cl)Cl. The van der Waals surface area contributed by atoms with Gasteiger partial charge in [0.2, 0.25) is 12.1 Å². The Balaban J connectivity index is 2.68. The zero-order valence-electron chi connectivity index (χ0n) is 9.53. The van der Waals surface area contributed by atoms with Gasteiger partial charge in [0.15, 0.2) is 0 Å². The number of carbonyl (C=O) groups is 1. The Labute approximate surface area is 111 Å². The molecule has 0 radical (unpaired) electrons. The molecule has 1 fully saturated rings. The first-order chi connectivity index (χ1) is 7.32. The number of rotatable bonds is 3. The Kier molecular flexibility index (Phi) is 5.17. The van der Waals surface area contributed by atoms with Crippen LogP contribution < -0.4 is 10.2 Å². The molecular formula is C10H18Cl3N2O+. The fraction of sp³-hybridized carbons (Fsp3) is 0.900. The summed E-state index contributed by atoms with van der Waals surface area (Å²) in [5.74, 6) is -0.174. The normalized spacial score (nSPS) is 20.1. The summed E-state index contributed by atoms with van der Waals surface area (Å²) in [5, 5.41) is 2.83. The lowest BCUT2D eigenvalue weighted by molar-refractivity contribution is -0.915. The molecule has 1 heterocycles. The van der Waals surface area contributed by atoms with Gasteiger partial charge >= 0.3 is 0 Å². The van der Waals surface area contributed by atoms with Crippen LogP contribution >= 0.6 is 34.8 Å². The quantitative estimate of drug-likeness (QED) is 0.750. The van der Waals surface area contributed by atoms with Crippen molar-refractivity contribution in [2.24, 2.45) is 5.92 Å². The summed E-state index contributed by atoms with van der Waals surface area (Å²) in [6.45, 7) is 5.53. The highest BCUT2D eigenvalue weighted by molar-refractivity contribution is 6.68. The minimum Gasteiger partial charge on any atom is -0.312 e. The molecule has 0 aromatic heterocycles. The van der Waals surface area contributed by atoms with Crippen molar-refractivity contribution < 1.29 is 9.69 Å². The van der Waals surface area contributed by atoms with Crippen LogP contribution in [0.5, 0.6) is 0 Å². The number of hydrogen-bond acceptors (Lipinski definition) is 1. The molecule has 1 aliphatic heterocycles. The van der Waals surface area contributed by atoms with Crippen LogP contribution in [0.2, 0.25) is 0 Å². The van der Waals surface area contributed by atoms with Crippen LogP contribution in [0.1, 0.15) is 26.7 Å². The second-order valence-electron chi connectivity index (χ2n) is 4.50. The summed E-state index contributed by atoms with van der Waals surface area (Å²) >= 11 is 17.8. The molecule has 1 saturated heterocycles. The molecule has 16 heavy (non-hydrogen) atoms. The fourth-order valence-electron chi connectivity index (χ4n) is 1.84. The monoisotopic (exact) mass is 287 g/mol. The molecular weight excluding hydrogens is 270 g/mol. The summed E-state index contributed by atoms with van der Waals surface area (Å²) in [5.41, 5.74) is 0. The maximum absolute atomic E-state index is 11.7. The zero-order valence-corrected chi connectivity index (χ0v) is 11.8. The van der Waals surface area contributed by atoms with Crippen LogP contribution in [0.15, 0.2) is 0 Å². The summed E-state index contributed by atoms with van der Waals surface area (Å²) in [4.78, 5) is 12.8. The van der Waals surface area contributed by atoms with Crippen molar-refractivity contribution in [2.75, 3.05) is 13.1 Å². The van der Waals surface area contributed by atoms with Gasteiger partial charge in [0.1, 0.15) is 0 Å².